The van der Waals surface area contributed by atoms with Crippen LogP contribution in [-0.2, 0) is 6.54 Å². The molecule has 5 nitrogen and oxygen atoms in total. The first-order chi connectivity index (χ1) is 11.1. The summed E-state index contributed by atoms with van der Waals surface area (Å²) < 4.78 is 0. The third-order valence-corrected chi connectivity index (χ3v) is 4.31. The highest BCUT2D eigenvalue weighted by Crippen LogP contribution is 2.31. The first kappa shape index (κ1) is 15.3. The van der Waals surface area contributed by atoms with E-state index in [1.54, 1.807) is 6.07 Å². The fourth-order valence-electron chi connectivity index (χ4n) is 3.02. The van der Waals surface area contributed by atoms with E-state index in [4.69, 9.17) is 0 Å². The summed E-state index contributed by atoms with van der Waals surface area (Å²) in [5, 5.41) is 14.8. The number of nitrogens with one attached hydrogen (secondary N) is 1. The Hall–Kier alpha value is -2.56. The van der Waals surface area contributed by atoms with Gasteiger partial charge in [0.2, 0.25) is 0 Å². The molecule has 2 aromatic rings. The number of rotatable bonds is 5. The zero-order chi connectivity index (χ0) is 16.2. The molecular formula is C18H21N3O2. The van der Waals surface area contributed by atoms with Crippen molar-refractivity contribution in [3.05, 3.63) is 63.7 Å². The molecule has 0 aromatic heterocycles. The lowest BCUT2D eigenvalue weighted by molar-refractivity contribution is -0.384. The van der Waals surface area contributed by atoms with E-state index in [1.807, 2.05) is 43.3 Å². The summed E-state index contributed by atoms with van der Waals surface area (Å²) in [6.45, 7) is 4.43. The first-order valence-corrected chi connectivity index (χ1v) is 7.97. The number of hydrogen-bond acceptors (Lipinski definition) is 4. The Morgan fingerprint density at radius 3 is 2.61 bits per heavy atom. The van der Waals surface area contributed by atoms with Crippen LogP contribution in [0, 0.1) is 17.0 Å². The number of aryl methyl sites for hydroxylation is 1. The van der Waals surface area contributed by atoms with Crippen molar-refractivity contribution < 1.29 is 4.92 Å². The van der Waals surface area contributed by atoms with Crippen molar-refractivity contribution in [2.45, 2.75) is 26.3 Å². The van der Waals surface area contributed by atoms with Crippen LogP contribution in [0.3, 0.4) is 0 Å². The number of para-hydroxylation sites is 1. The minimum absolute atomic E-state index is 0.205. The van der Waals surface area contributed by atoms with E-state index in [0.29, 0.717) is 6.54 Å². The predicted octanol–water partition coefficient (Wildman–Crippen LogP) is 4.12. The van der Waals surface area contributed by atoms with Crippen LogP contribution in [-0.4, -0.2) is 18.0 Å². The predicted molar refractivity (Wildman–Crippen MR) is 93.0 cm³/mol. The molecule has 0 atom stereocenters. The van der Waals surface area contributed by atoms with Gasteiger partial charge in [-0.1, -0.05) is 24.3 Å². The van der Waals surface area contributed by atoms with Crippen LogP contribution in [0.25, 0.3) is 0 Å². The van der Waals surface area contributed by atoms with Crippen molar-refractivity contribution in [2.75, 3.05) is 23.3 Å². The minimum atomic E-state index is -0.273. The zero-order valence-corrected chi connectivity index (χ0v) is 13.3. The lowest BCUT2D eigenvalue weighted by Gasteiger charge is -2.18. The summed E-state index contributed by atoms with van der Waals surface area (Å²) in [5.74, 6) is 0. The molecule has 1 heterocycles. The molecule has 0 saturated carbocycles. The second kappa shape index (κ2) is 6.69. The van der Waals surface area contributed by atoms with E-state index in [9.17, 15) is 10.1 Å². The molecule has 1 N–H and O–H groups in total. The average Bonchev–Trinajstić information content (AvgIpc) is 3.08. The van der Waals surface area contributed by atoms with E-state index >= 15 is 0 Å². The lowest BCUT2D eigenvalue weighted by atomic mass is 10.1. The number of nitro benzene ring substituents is 1. The highest BCUT2D eigenvalue weighted by atomic mass is 16.6. The second-order valence-electron chi connectivity index (χ2n) is 5.94. The molecule has 0 spiro atoms. The highest BCUT2D eigenvalue weighted by molar-refractivity contribution is 5.65. The molecule has 1 aliphatic rings. The Bertz CT molecular complexity index is 709. The third kappa shape index (κ3) is 3.44. The molecule has 0 bridgehead atoms. The van der Waals surface area contributed by atoms with Gasteiger partial charge in [-0.05, 0) is 43.0 Å². The smallest absolute Gasteiger partial charge is 0.292 e. The molecule has 1 saturated heterocycles. The maximum absolute atomic E-state index is 11.4. The van der Waals surface area contributed by atoms with Gasteiger partial charge in [0, 0.05) is 31.4 Å². The van der Waals surface area contributed by atoms with Crippen molar-refractivity contribution >= 4 is 17.1 Å². The van der Waals surface area contributed by atoms with Gasteiger partial charge in [0.1, 0.15) is 5.69 Å². The monoisotopic (exact) mass is 311 g/mol. The van der Waals surface area contributed by atoms with Crippen molar-refractivity contribution in [3.63, 3.8) is 0 Å². The molecule has 1 aliphatic heterocycles. The van der Waals surface area contributed by atoms with Gasteiger partial charge in [0.25, 0.3) is 5.69 Å². The van der Waals surface area contributed by atoms with Gasteiger partial charge in [0.15, 0.2) is 0 Å². The third-order valence-electron chi connectivity index (χ3n) is 4.31. The molecule has 120 valence electrons. The van der Waals surface area contributed by atoms with Crippen LogP contribution < -0.4 is 10.2 Å². The van der Waals surface area contributed by atoms with Gasteiger partial charge >= 0.3 is 0 Å². The first-order valence-electron chi connectivity index (χ1n) is 7.97. The molecule has 1 fully saturated rings. The summed E-state index contributed by atoms with van der Waals surface area (Å²) in [5.41, 5.74) is 4.08. The topological polar surface area (TPSA) is 58.4 Å². The molecule has 2 aromatic carbocycles. The standard InChI is InChI=1S/C18H21N3O2/c1-14-6-2-3-7-16(14)19-13-15-8-9-17(18(12-15)21(22)23)20-10-4-5-11-20/h2-3,6-9,12,19H,4-5,10-11,13H2,1H3. The Balaban J connectivity index is 1.79. The van der Waals surface area contributed by atoms with Crippen molar-refractivity contribution in [3.8, 4) is 0 Å². The van der Waals surface area contributed by atoms with Crippen LogP contribution in [0.2, 0.25) is 0 Å². The van der Waals surface area contributed by atoms with E-state index in [-0.39, 0.29) is 10.6 Å². The number of nitrogens with zero attached hydrogens (tertiary/aromatic N) is 2. The normalized spacial score (nSPS) is 14.0. The van der Waals surface area contributed by atoms with Crippen molar-refractivity contribution in [1.82, 2.24) is 0 Å². The molecular weight excluding hydrogens is 290 g/mol. The highest BCUT2D eigenvalue weighted by Gasteiger charge is 2.22. The second-order valence-corrected chi connectivity index (χ2v) is 5.94. The SMILES string of the molecule is Cc1ccccc1NCc1ccc(N2CCCC2)c([N+](=O)[O-])c1. The van der Waals surface area contributed by atoms with E-state index in [0.717, 1.165) is 48.4 Å². The fourth-order valence-corrected chi connectivity index (χ4v) is 3.02. The molecule has 0 aliphatic carbocycles. The van der Waals surface area contributed by atoms with Gasteiger partial charge in [-0.3, -0.25) is 10.1 Å². The van der Waals surface area contributed by atoms with Crippen LogP contribution in [0.1, 0.15) is 24.0 Å². The number of benzene rings is 2. The van der Waals surface area contributed by atoms with Gasteiger partial charge in [-0.2, -0.15) is 0 Å². The van der Waals surface area contributed by atoms with Crippen LogP contribution in [0.4, 0.5) is 17.1 Å². The summed E-state index contributed by atoms with van der Waals surface area (Å²) in [7, 11) is 0. The zero-order valence-electron chi connectivity index (χ0n) is 13.3. The molecule has 3 rings (SSSR count). The summed E-state index contributed by atoms with van der Waals surface area (Å²) in [4.78, 5) is 13.3. The van der Waals surface area contributed by atoms with E-state index < -0.39 is 0 Å². The number of anilines is 2. The van der Waals surface area contributed by atoms with Gasteiger partial charge in [0.05, 0.1) is 4.92 Å². The van der Waals surface area contributed by atoms with Crippen molar-refractivity contribution in [1.29, 1.82) is 0 Å². The quantitative estimate of drug-likeness (QED) is 0.666. The maximum atomic E-state index is 11.4. The maximum Gasteiger partial charge on any atom is 0.292 e. The summed E-state index contributed by atoms with van der Waals surface area (Å²) >= 11 is 0. The molecule has 23 heavy (non-hydrogen) atoms. The van der Waals surface area contributed by atoms with Crippen LogP contribution in [0.5, 0.6) is 0 Å². The molecule has 5 heteroatoms. The summed E-state index contributed by atoms with van der Waals surface area (Å²) in [6, 6.07) is 13.6. The number of hydrogen-bond donors (Lipinski definition) is 1. The van der Waals surface area contributed by atoms with Gasteiger partial charge < -0.3 is 10.2 Å². The van der Waals surface area contributed by atoms with Crippen LogP contribution >= 0.6 is 0 Å². The van der Waals surface area contributed by atoms with Crippen LogP contribution in [0.15, 0.2) is 42.5 Å². The van der Waals surface area contributed by atoms with Crippen molar-refractivity contribution in [2.24, 2.45) is 0 Å². The minimum Gasteiger partial charge on any atom is -0.381 e. The van der Waals surface area contributed by atoms with E-state index in [2.05, 4.69) is 10.2 Å². The Labute approximate surface area is 136 Å². The van der Waals surface area contributed by atoms with Gasteiger partial charge in [-0.25, -0.2) is 0 Å². The Morgan fingerprint density at radius 2 is 1.91 bits per heavy atom. The van der Waals surface area contributed by atoms with Gasteiger partial charge in [-0.15, -0.1) is 0 Å². The fraction of sp³-hybridized carbons (Fsp3) is 0.333. The van der Waals surface area contributed by atoms with E-state index in [1.165, 1.54) is 0 Å². The molecule has 0 amide bonds. The lowest BCUT2D eigenvalue weighted by Crippen LogP contribution is -2.19. The molecule has 0 unspecified atom stereocenters. The summed E-state index contributed by atoms with van der Waals surface area (Å²) in [6.07, 6.45) is 2.21. The molecule has 0 radical (unpaired) electrons. The Morgan fingerprint density at radius 1 is 1.17 bits per heavy atom. The number of nitro groups is 1. The largest absolute Gasteiger partial charge is 0.381 e. The average molecular weight is 311 g/mol. The Kier molecular flexibility index (Phi) is 4.46.